The molecule has 2 fully saturated rings. The maximum Gasteiger partial charge on any atom is 0.318 e. The van der Waals surface area contributed by atoms with Crippen molar-refractivity contribution in [2.45, 2.75) is 77.1 Å². The lowest BCUT2D eigenvalue weighted by Gasteiger charge is -2.31. The highest BCUT2D eigenvalue weighted by Gasteiger charge is 2.28. The average molecular weight is 546 g/mol. The molecule has 2 aliphatic rings. The van der Waals surface area contributed by atoms with E-state index in [-0.39, 0.29) is 42.6 Å². The smallest absolute Gasteiger partial charge is 0.318 e. The number of aryl methyl sites for hydroxylation is 1. The van der Waals surface area contributed by atoms with Gasteiger partial charge >= 0.3 is 6.03 Å². The van der Waals surface area contributed by atoms with Gasteiger partial charge in [-0.25, -0.2) is 4.79 Å². The van der Waals surface area contributed by atoms with E-state index in [2.05, 4.69) is 5.32 Å². The molecule has 1 aromatic heterocycles. The van der Waals surface area contributed by atoms with Crippen LogP contribution in [0.5, 0.6) is 0 Å². The fraction of sp³-hybridized carbons (Fsp3) is 0.469. The Labute approximate surface area is 235 Å². The summed E-state index contributed by atoms with van der Waals surface area (Å²) >= 11 is 0. The second-order valence-electron chi connectivity index (χ2n) is 11.1. The van der Waals surface area contributed by atoms with E-state index in [0.717, 1.165) is 49.7 Å². The molecule has 2 aromatic carbocycles. The minimum Gasteiger partial charge on any atom is -0.464 e. The number of amides is 3. The normalized spacial score (nSPS) is 17.6. The third-order valence-corrected chi connectivity index (χ3v) is 7.92. The molecular weight excluding hydrogens is 506 g/mol. The fourth-order valence-corrected chi connectivity index (χ4v) is 5.67. The molecule has 1 saturated heterocycles. The van der Waals surface area contributed by atoms with E-state index in [0.29, 0.717) is 36.2 Å². The van der Waals surface area contributed by atoms with Gasteiger partial charge in [0.15, 0.2) is 5.43 Å². The topological polar surface area (TPSA) is 92.1 Å². The molecule has 1 N–H and O–H groups in total. The van der Waals surface area contributed by atoms with E-state index in [1.165, 1.54) is 12.7 Å². The number of rotatable bonds is 9. The first kappa shape index (κ1) is 27.9. The van der Waals surface area contributed by atoms with Gasteiger partial charge in [0.25, 0.3) is 0 Å². The van der Waals surface area contributed by atoms with Crippen molar-refractivity contribution in [1.29, 1.82) is 0 Å². The van der Waals surface area contributed by atoms with Gasteiger partial charge in [-0.15, -0.1) is 0 Å². The van der Waals surface area contributed by atoms with Crippen molar-refractivity contribution >= 4 is 22.9 Å². The first-order chi connectivity index (χ1) is 19.5. The van der Waals surface area contributed by atoms with Crippen molar-refractivity contribution in [2.24, 2.45) is 0 Å². The predicted octanol–water partition coefficient (Wildman–Crippen LogP) is 5.15. The third kappa shape index (κ3) is 7.10. The van der Waals surface area contributed by atoms with Crippen LogP contribution in [0.25, 0.3) is 11.0 Å². The van der Waals surface area contributed by atoms with Crippen LogP contribution in [-0.2, 0) is 22.6 Å². The maximum atomic E-state index is 13.9. The van der Waals surface area contributed by atoms with Crippen LogP contribution in [0.1, 0.15) is 61.6 Å². The molecule has 5 rings (SSSR count). The highest BCUT2D eigenvalue weighted by Crippen LogP contribution is 2.20. The first-order valence-electron chi connectivity index (χ1n) is 14.5. The number of urea groups is 1. The molecule has 0 bridgehead atoms. The van der Waals surface area contributed by atoms with Crippen LogP contribution in [0.15, 0.2) is 64.0 Å². The molecule has 3 amide bonds. The quantitative estimate of drug-likeness (QED) is 0.401. The second kappa shape index (κ2) is 13.1. The minimum atomic E-state index is -0.232. The molecule has 1 unspecified atom stereocenters. The molecule has 1 aliphatic heterocycles. The van der Waals surface area contributed by atoms with Gasteiger partial charge in [-0.05, 0) is 50.3 Å². The number of ether oxygens (including phenoxy) is 1. The predicted molar refractivity (Wildman–Crippen MR) is 154 cm³/mol. The number of hydrogen-bond donors (Lipinski definition) is 1. The fourth-order valence-electron chi connectivity index (χ4n) is 5.67. The molecule has 212 valence electrons. The summed E-state index contributed by atoms with van der Waals surface area (Å²) in [7, 11) is 0. The molecule has 1 saturated carbocycles. The summed E-state index contributed by atoms with van der Waals surface area (Å²) in [4.78, 5) is 43.9. The zero-order valence-corrected chi connectivity index (χ0v) is 23.3. The van der Waals surface area contributed by atoms with Crippen LogP contribution in [0.3, 0.4) is 0 Å². The van der Waals surface area contributed by atoms with Gasteiger partial charge in [-0.1, -0.05) is 61.2 Å². The molecule has 8 heteroatoms. The van der Waals surface area contributed by atoms with Crippen LogP contribution in [0, 0.1) is 6.92 Å². The lowest BCUT2D eigenvalue weighted by molar-refractivity contribution is -0.133. The van der Waals surface area contributed by atoms with Crippen LogP contribution in [0.2, 0.25) is 0 Å². The van der Waals surface area contributed by atoms with Gasteiger partial charge in [-0.2, -0.15) is 0 Å². The SMILES string of the molecule is Cc1ccc2occ(CN(Cc3ccccc3)C(=O)CN(CC3CCCO3)C(=O)NC3CCCCC3)c(=O)c2c1. The lowest BCUT2D eigenvalue weighted by Crippen LogP contribution is -2.51. The van der Waals surface area contributed by atoms with E-state index in [4.69, 9.17) is 9.15 Å². The number of nitrogens with zero attached hydrogens (tertiary/aromatic N) is 2. The van der Waals surface area contributed by atoms with Crippen molar-refractivity contribution in [3.63, 3.8) is 0 Å². The Hall–Kier alpha value is -3.65. The Morgan fingerprint density at radius 2 is 1.75 bits per heavy atom. The largest absolute Gasteiger partial charge is 0.464 e. The van der Waals surface area contributed by atoms with E-state index in [1.54, 1.807) is 15.9 Å². The highest BCUT2D eigenvalue weighted by molar-refractivity contribution is 5.84. The Morgan fingerprint density at radius 3 is 2.50 bits per heavy atom. The van der Waals surface area contributed by atoms with Crippen molar-refractivity contribution in [3.05, 3.63) is 81.7 Å². The molecule has 2 heterocycles. The van der Waals surface area contributed by atoms with Gasteiger partial charge in [0, 0.05) is 25.7 Å². The molecule has 1 atom stereocenters. The maximum absolute atomic E-state index is 13.9. The summed E-state index contributed by atoms with van der Waals surface area (Å²) in [6.45, 7) is 3.26. The summed E-state index contributed by atoms with van der Waals surface area (Å²) in [5.41, 5.74) is 2.67. The van der Waals surface area contributed by atoms with Gasteiger partial charge in [0.05, 0.1) is 29.9 Å². The number of carbonyl (C=O) groups excluding carboxylic acids is 2. The monoisotopic (exact) mass is 545 g/mol. The summed E-state index contributed by atoms with van der Waals surface area (Å²) in [5.74, 6) is -0.232. The minimum absolute atomic E-state index is 0.0803. The molecule has 40 heavy (non-hydrogen) atoms. The summed E-state index contributed by atoms with van der Waals surface area (Å²) < 4.78 is 11.6. The van der Waals surface area contributed by atoms with Crippen LogP contribution < -0.4 is 10.7 Å². The second-order valence-corrected chi connectivity index (χ2v) is 11.1. The first-order valence-corrected chi connectivity index (χ1v) is 14.5. The molecule has 3 aromatic rings. The Kier molecular flexibility index (Phi) is 9.16. The number of hydrogen-bond acceptors (Lipinski definition) is 5. The standard InChI is InChI=1S/C32H39N3O5/c1-23-14-15-29-28(17-23)31(37)25(22-40-29)19-34(18-24-9-4-2-5-10-24)30(36)21-35(20-27-13-8-16-39-27)32(38)33-26-11-6-3-7-12-26/h2,4-5,9-10,14-15,17,22,26-27H,3,6-8,11-13,16,18-21H2,1H3,(H,33,38). The van der Waals surface area contributed by atoms with Crippen molar-refractivity contribution < 1.29 is 18.7 Å². The Morgan fingerprint density at radius 1 is 0.950 bits per heavy atom. The van der Waals surface area contributed by atoms with Crippen molar-refractivity contribution in [3.8, 4) is 0 Å². The van der Waals surface area contributed by atoms with Gasteiger partial charge in [0.2, 0.25) is 5.91 Å². The number of nitrogens with one attached hydrogen (secondary N) is 1. The average Bonchev–Trinajstić information content (AvgIpc) is 3.48. The summed E-state index contributed by atoms with van der Waals surface area (Å²) in [6.07, 6.45) is 8.52. The number of benzene rings is 2. The van der Waals surface area contributed by atoms with Gasteiger partial charge in [0.1, 0.15) is 12.1 Å². The Bertz CT molecular complexity index is 1360. The van der Waals surface area contributed by atoms with Crippen molar-refractivity contribution in [1.82, 2.24) is 15.1 Å². The number of carbonyl (C=O) groups is 2. The molecule has 0 spiro atoms. The van der Waals surface area contributed by atoms with Gasteiger partial charge in [-0.3, -0.25) is 9.59 Å². The molecule has 0 radical (unpaired) electrons. The zero-order chi connectivity index (χ0) is 27.9. The van der Waals surface area contributed by atoms with E-state index in [1.807, 2.05) is 49.4 Å². The Balaban J connectivity index is 1.38. The lowest BCUT2D eigenvalue weighted by atomic mass is 9.96. The van der Waals surface area contributed by atoms with E-state index in [9.17, 15) is 14.4 Å². The molecular formula is C32H39N3O5. The molecule has 8 nitrogen and oxygen atoms in total. The molecule has 1 aliphatic carbocycles. The highest BCUT2D eigenvalue weighted by atomic mass is 16.5. The third-order valence-electron chi connectivity index (χ3n) is 7.92. The van der Waals surface area contributed by atoms with E-state index >= 15 is 0 Å². The summed E-state index contributed by atoms with van der Waals surface area (Å²) in [6, 6.07) is 15.1. The zero-order valence-electron chi connectivity index (χ0n) is 23.3. The van der Waals surface area contributed by atoms with Crippen molar-refractivity contribution in [2.75, 3.05) is 19.7 Å². The van der Waals surface area contributed by atoms with Gasteiger partial charge < -0.3 is 24.3 Å². The van der Waals surface area contributed by atoms with Crippen LogP contribution in [0.4, 0.5) is 4.79 Å². The number of fused-ring (bicyclic) bond motifs is 1. The van der Waals surface area contributed by atoms with Crippen LogP contribution in [-0.4, -0.2) is 53.6 Å². The van der Waals surface area contributed by atoms with Crippen LogP contribution >= 0.6 is 0 Å². The van der Waals surface area contributed by atoms with E-state index < -0.39 is 0 Å². The summed E-state index contributed by atoms with van der Waals surface area (Å²) in [5, 5.41) is 3.66.